The summed E-state index contributed by atoms with van der Waals surface area (Å²) in [5, 5.41) is 4.73. The monoisotopic (exact) mass is 241 g/mol. The van der Waals surface area contributed by atoms with E-state index in [0.29, 0.717) is 13.0 Å². The zero-order valence-corrected chi connectivity index (χ0v) is 10.8. The molecule has 1 amide bonds. The Kier molecular flexibility index (Phi) is 4.44. The predicted molar refractivity (Wildman–Crippen MR) is 66.0 cm³/mol. The largest absolute Gasteiger partial charge is 0.350 e. The number of aromatic nitrogens is 1. The number of carbonyl (C=O) groups is 1. The van der Waals surface area contributed by atoms with Crippen molar-refractivity contribution in [3.8, 4) is 0 Å². The SMILES string of the molecule is CC(C)(C)C(N)CC(=O)NCc1cscn1. The van der Waals surface area contributed by atoms with Crippen molar-refractivity contribution in [1.29, 1.82) is 0 Å². The van der Waals surface area contributed by atoms with Crippen LogP contribution in [0.1, 0.15) is 32.9 Å². The number of nitrogens with two attached hydrogens (primary N) is 1. The van der Waals surface area contributed by atoms with Gasteiger partial charge in [-0.3, -0.25) is 4.79 Å². The molecule has 0 bridgehead atoms. The summed E-state index contributed by atoms with van der Waals surface area (Å²) in [5.41, 5.74) is 8.53. The Morgan fingerprint density at radius 3 is 2.81 bits per heavy atom. The van der Waals surface area contributed by atoms with Crippen molar-refractivity contribution in [3.05, 3.63) is 16.6 Å². The maximum Gasteiger partial charge on any atom is 0.221 e. The summed E-state index contributed by atoms with van der Waals surface area (Å²) in [4.78, 5) is 15.7. The molecule has 4 nitrogen and oxygen atoms in total. The first-order valence-electron chi connectivity index (χ1n) is 5.29. The topological polar surface area (TPSA) is 68.0 Å². The van der Waals surface area contributed by atoms with Gasteiger partial charge in [-0.2, -0.15) is 0 Å². The Labute approximate surface area is 100 Å². The van der Waals surface area contributed by atoms with E-state index in [4.69, 9.17) is 5.73 Å². The summed E-state index contributed by atoms with van der Waals surface area (Å²) in [6.45, 7) is 6.58. The number of hydrogen-bond donors (Lipinski definition) is 2. The quantitative estimate of drug-likeness (QED) is 0.840. The summed E-state index contributed by atoms with van der Waals surface area (Å²) in [6.07, 6.45) is 0.355. The van der Waals surface area contributed by atoms with Crippen LogP contribution in [0, 0.1) is 5.41 Å². The molecule has 1 unspecified atom stereocenters. The molecule has 1 heterocycles. The fourth-order valence-corrected chi connectivity index (χ4v) is 1.65. The van der Waals surface area contributed by atoms with E-state index in [2.05, 4.69) is 10.3 Å². The van der Waals surface area contributed by atoms with Crippen LogP contribution in [0.3, 0.4) is 0 Å². The van der Waals surface area contributed by atoms with Crippen LogP contribution in [-0.2, 0) is 11.3 Å². The van der Waals surface area contributed by atoms with Gasteiger partial charge in [0.15, 0.2) is 0 Å². The summed E-state index contributed by atoms with van der Waals surface area (Å²) in [5.74, 6) is -0.0181. The number of carbonyl (C=O) groups excluding carboxylic acids is 1. The highest BCUT2D eigenvalue weighted by atomic mass is 32.1. The fraction of sp³-hybridized carbons (Fsp3) is 0.636. The van der Waals surface area contributed by atoms with Crippen LogP contribution in [0.2, 0.25) is 0 Å². The van der Waals surface area contributed by atoms with Crippen molar-refractivity contribution in [3.63, 3.8) is 0 Å². The van der Waals surface area contributed by atoms with Gasteiger partial charge >= 0.3 is 0 Å². The van der Waals surface area contributed by atoms with Gasteiger partial charge in [0.25, 0.3) is 0 Å². The van der Waals surface area contributed by atoms with Gasteiger partial charge in [0.1, 0.15) is 0 Å². The van der Waals surface area contributed by atoms with E-state index in [1.165, 1.54) is 11.3 Å². The van der Waals surface area contributed by atoms with Gasteiger partial charge in [-0.15, -0.1) is 11.3 Å². The van der Waals surface area contributed by atoms with Crippen molar-refractivity contribution >= 4 is 17.2 Å². The second kappa shape index (κ2) is 5.41. The molecule has 0 aliphatic rings. The maximum absolute atomic E-state index is 11.6. The van der Waals surface area contributed by atoms with Crippen LogP contribution in [-0.4, -0.2) is 16.9 Å². The van der Waals surface area contributed by atoms with Crippen LogP contribution >= 0.6 is 11.3 Å². The van der Waals surface area contributed by atoms with Crippen molar-refractivity contribution in [2.24, 2.45) is 11.1 Å². The zero-order chi connectivity index (χ0) is 12.2. The Balaban J connectivity index is 2.31. The molecule has 0 spiro atoms. The van der Waals surface area contributed by atoms with Gasteiger partial charge < -0.3 is 11.1 Å². The van der Waals surface area contributed by atoms with Crippen LogP contribution in [0.15, 0.2) is 10.9 Å². The second-order valence-corrected chi connectivity index (χ2v) is 5.65. The third-order valence-electron chi connectivity index (χ3n) is 2.47. The van der Waals surface area contributed by atoms with Gasteiger partial charge in [0.2, 0.25) is 5.91 Å². The Hall–Kier alpha value is -0.940. The van der Waals surface area contributed by atoms with E-state index in [1.54, 1.807) is 5.51 Å². The highest BCUT2D eigenvalue weighted by Gasteiger charge is 2.22. The molecule has 90 valence electrons. The van der Waals surface area contributed by atoms with E-state index in [1.807, 2.05) is 26.2 Å². The van der Waals surface area contributed by atoms with E-state index >= 15 is 0 Å². The summed E-state index contributed by atoms with van der Waals surface area (Å²) >= 11 is 1.52. The fourth-order valence-electron chi connectivity index (χ4n) is 1.09. The molecule has 16 heavy (non-hydrogen) atoms. The molecule has 5 heteroatoms. The average molecular weight is 241 g/mol. The lowest BCUT2D eigenvalue weighted by atomic mass is 9.85. The molecule has 1 aromatic heterocycles. The highest BCUT2D eigenvalue weighted by Crippen LogP contribution is 2.19. The molecule has 1 rings (SSSR count). The Morgan fingerprint density at radius 2 is 2.31 bits per heavy atom. The lowest BCUT2D eigenvalue weighted by Crippen LogP contribution is -2.40. The molecule has 0 fully saturated rings. The number of nitrogens with zero attached hydrogens (tertiary/aromatic N) is 1. The summed E-state index contributed by atoms with van der Waals surface area (Å²) < 4.78 is 0. The van der Waals surface area contributed by atoms with E-state index in [0.717, 1.165) is 5.69 Å². The second-order valence-electron chi connectivity index (χ2n) is 4.93. The molecule has 0 saturated heterocycles. The molecule has 0 saturated carbocycles. The normalized spacial score (nSPS) is 13.5. The lowest BCUT2D eigenvalue weighted by Gasteiger charge is -2.26. The standard InChI is InChI=1S/C11H19N3OS/c1-11(2,3)9(12)4-10(15)13-5-8-6-16-7-14-8/h6-7,9H,4-5,12H2,1-3H3,(H,13,15). The Morgan fingerprint density at radius 1 is 1.62 bits per heavy atom. The van der Waals surface area contributed by atoms with Crippen molar-refractivity contribution in [1.82, 2.24) is 10.3 Å². The first kappa shape index (κ1) is 13.1. The minimum absolute atomic E-state index is 0.0181. The summed E-state index contributed by atoms with van der Waals surface area (Å²) in [7, 11) is 0. The van der Waals surface area contributed by atoms with Gasteiger partial charge in [-0.1, -0.05) is 20.8 Å². The van der Waals surface area contributed by atoms with Crippen molar-refractivity contribution in [2.75, 3.05) is 0 Å². The maximum atomic E-state index is 11.6. The molecular weight excluding hydrogens is 222 g/mol. The smallest absolute Gasteiger partial charge is 0.221 e. The van der Waals surface area contributed by atoms with Crippen molar-refractivity contribution in [2.45, 2.75) is 39.8 Å². The molecule has 0 aliphatic carbocycles. The van der Waals surface area contributed by atoms with E-state index in [9.17, 15) is 4.79 Å². The van der Waals surface area contributed by atoms with Gasteiger partial charge in [-0.05, 0) is 5.41 Å². The lowest BCUT2D eigenvalue weighted by molar-refractivity contribution is -0.122. The molecule has 0 aromatic carbocycles. The van der Waals surface area contributed by atoms with Crippen LogP contribution in [0.5, 0.6) is 0 Å². The van der Waals surface area contributed by atoms with Crippen molar-refractivity contribution < 1.29 is 4.79 Å². The third kappa shape index (κ3) is 4.28. The van der Waals surface area contributed by atoms with E-state index in [-0.39, 0.29) is 17.4 Å². The number of thiazole rings is 1. The van der Waals surface area contributed by atoms with Crippen LogP contribution in [0.25, 0.3) is 0 Å². The molecule has 0 aliphatic heterocycles. The average Bonchev–Trinajstić information content (AvgIpc) is 2.65. The minimum Gasteiger partial charge on any atom is -0.350 e. The molecule has 0 radical (unpaired) electrons. The van der Waals surface area contributed by atoms with Gasteiger partial charge in [0.05, 0.1) is 17.7 Å². The molecule has 1 atom stereocenters. The number of rotatable bonds is 4. The molecular formula is C11H19N3OS. The minimum atomic E-state index is -0.122. The highest BCUT2D eigenvalue weighted by molar-refractivity contribution is 7.07. The molecule has 3 N–H and O–H groups in total. The summed E-state index contributed by atoms with van der Waals surface area (Å²) in [6, 6.07) is -0.122. The number of hydrogen-bond acceptors (Lipinski definition) is 4. The van der Waals surface area contributed by atoms with E-state index < -0.39 is 0 Å². The zero-order valence-electron chi connectivity index (χ0n) is 9.99. The Bertz CT molecular complexity index is 329. The molecule has 1 aromatic rings. The first-order chi connectivity index (χ1) is 7.39. The predicted octanol–water partition coefficient (Wildman–Crippen LogP) is 1.52. The first-order valence-corrected chi connectivity index (χ1v) is 6.23. The van der Waals surface area contributed by atoms with Gasteiger partial charge in [-0.25, -0.2) is 4.98 Å². The van der Waals surface area contributed by atoms with Gasteiger partial charge in [0, 0.05) is 17.8 Å². The van der Waals surface area contributed by atoms with Crippen LogP contribution < -0.4 is 11.1 Å². The van der Waals surface area contributed by atoms with Crippen LogP contribution in [0.4, 0.5) is 0 Å². The number of nitrogens with one attached hydrogen (secondary N) is 1. The third-order valence-corrected chi connectivity index (χ3v) is 3.10. The number of amides is 1.